The largest absolute Gasteiger partial charge is 0.355 e. The monoisotopic (exact) mass is 452 g/mol. The van der Waals surface area contributed by atoms with Crippen molar-refractivity contribution in [3.8, 4) is 11.3 Å². The molecule has 3 aromatic carbocycles. The molecule has 0 amide bonds. The summed E-state index contributed by atoms with van der Waals surface area (Å²) in [5.74, 6) is 0.0154. The predicted molar refractivity (Wildman–Crippen MR) is 139 cm³/mol. The Morgan fingerprint density at radius 3 is 2.00 bits per heavy atom. The highest BCUT2D eigenvalue weighted by molar-refractivity contribution is 6.11. The van der Waals surface area contributed by atoms with E-state index in [1.165, 1.54) is 27.8 Å². The molecule has 4 rings (SSSR count). The zero-order chi connectivity index (χ0) is 24.7. The fourth-order valence-electron chi connectivity index (χ4n) is 4.48. The Hall–Kier alpha value is -3.73. The van der Waals surface area contributed by atoms with Gasteiger partial charge in [0, 0.05) is 35.1 Å². The normalized spacial score (nSPS) is 11.1. The number of aryl methyl sites for hydroxylation is 3. The van der Waals surface area contributed by atoms with Gasteiger partial charge in [0.1, 0.15) is 5.69 Å². The summed E-state index contributed by atoms with van der Waals surface area (Å²) in [4.78, 5) is 13.5. The number of rotatable bonds is 5. The summed E-state index contributed by atoms with van der Waals surface area (Å²) in [5, 5.41) is 11.8. The molecule has 5 nitrogen and oxygen atoms in total. The van der Waals surface area contributed by atoms with Crippen LogP contribution in [0.4, 0.5) is 11.4 Å². The molecule has 0 spiro atoms. The van der Waals surface area contributed by atoms with Crippen molar-refractivity contribution in [3.05, 3.63) is 92.7 Å². The molecule has 0 bridgehead atoms. The van der Waals surface area contributed by atoms with E-state index < -0.39 is 0 Å². The number of hydrogen-bond donors (Lipinski definition) is 1. The fraction of sp³-hybridized carbons (Fsp3) is 0.276. The molecule has 1 heterocycles. The van der Waals surface area contributed by atoms with Gasteiger partial charge in [-0.05, 0) is 112 Å². The van der Waals surface area contributed by atoms with Gasteiger partial charge in [0.2, 0.25) is 0 Å². The lowest BCUT2D eigenvalue weighted by Crippen LogP contribution is -2.07. The average molecular weight is 453 g/mol. The molecule has 0 unspecified atom stereocenters. The third kappa shape index (κ3) is 4.14. The lowest BCUT2D eigenvalue weighted by molar-refractivity contribution is 0.103. The molecule has 34 heavy (non-hydrogen) atoms. The summed E-state index contributed by atoms with van der Waals surface area (Å²) in [7, 11) is 1.83. The second-order valence-corrected chi connectivity index (χ2v) is 9.29. The van der Waals surface area contributed by atoms with Gasteiger partial charge in [-0.2, -0.15) is 0 Å². The van der Waals surface area contributed by atoms with Crippen LogP contribution in [0.1, 0.15) is 54.9 Å². The lowest BCUT2D eigenvalue weighted by Gasteiger charge is -2.20. The molecule has 0 saturated carbocycles. The molecule has 0 aliphatic heterocycles. The summed E-state index contributed by atoms with van der Waals surface area (Å²) in [6.07, 6.45) is 1.85. The van der Waals surface area contributed by atoms with Crippen molar-refractivity contribution in [3.63, 3.8) is 0 Å². The molecular formula is C29H32N4O. The lowest BCUT2D eigenvalue weighted by atomic mass is 9.92. The van der Waals surface area contributed by atoms with Gasteiger partial charge < -0.3 is 5.32 Å². The van der Waals surface area contributed by atoms with Crippen LogP contribution in [0.15, 0.2) is 42.6 Å². The van der Waals surface area contributed by atoms with E-state index in [4.69, 9.17) is 0 Å². The second kappa shape index (κ2) is 8.90. The minimum atomic E-state index is 0.0154. The van der Waals surface area contributed by atoms with E-state index in [-0.39, 0.29) is 5.78 Å². The van der Waals surface area contributed by atoms with Crippen molar-refractivity contribution < 1.29 is 4.79 Å². The van der Waals surface area contributed by atoms with Gasteiger partial charge in [0.25, 0.3) is 0 Å². The van der Waals surface area contributed by atoms with E-state index in [1.54, 1.807) is 4.68 Å². The number of nitrogens with zero attached hydrogens (tertiary/aromatic N) is 3. The Balaban J connectivity index is 1.67. The Kier molecular flexibility index (Phi) is 6.13. The van der Waals surface area contributed by atoms with E-state index in [9.17, 15) is 4.79 Å². The first-order valence-electron chi connectivity index (χ1n) is 11.5. The fourth-order valence-corrected chi connectivity index (χ4v) is 4.48. The highest BCUT2D eigenvalue weighted by Crippen LogP contribution is 2.33. The summed E-state index contributed by atoms with van der Waals surface area (Å²) in [5.41, 5.74) is 13.5. The molecule has 0 fully saturated rings. The minimum Gasteiger partial charge on any atom is -0.355 e. The van der Waals surface area contributed by atoms with Crippen LogP contribution in [0, 0.1) is 48.5 Å². The van der Waals surface area contributed by atoms with E-state index >= 15 is 0 Å². The number of carbonyl (C=O) groups is 1. The predicted octanol–water partition coefficient (Wildman–Crippen LogP) is 6.62. The van der Waals surface area contributed by atoms with Crippen LogP contribution in [-0.4, -0.2) is 20.8 Å². The number of hydrogen-bond acceptors (Lipinski definition) is 4. The van der Waals surface area contributed by atoms with Crippen LogP contribution < -0.4 is 5.32 Å². The molecule has 1 N–H and O–H groups in total. The molecule has 5 heteroatoms. The van der Waals surface area contributed by atoms with Crippen molar-refractivity contribution in [2.24, 2.45) is 7.05 Å². The molecule has 0 aliphatic carbocycles. The topological polar surface area (TPSA) is 59.8 Å². The first-order chi connectivity index (χ1) is 16.1. The van der Waals surface area contributed by atoms with Crippen molar-refractivity contribution >= 4 is 17.2 Å². The SMILES string of the molecule is Cc1cc(Nc2c(C)c(C)c(C)c(C)c2C)ccc1C(=O)c1cc(-c2cn(C)nn2)ccc1C. The summed E-state index contributed by atoms with van der Waals surface area (Å²) >= 11 is 0. The van der Waals surface area contributed by atoms with Gasteiger partial charge in [0.05, 0.1) is 6.20 Å². The third-order valence-electron chi connectivity index (χ3n) is 7.12. The highest BCUT2D eigenvalue weighted by atomic mass is 16.1. The molecule has 1 aromatic heterocycles. The Labute approximate surface area is 201 Å². The smallest absolute Gasteiger partial charge is 0.193 e. The minimum absolute atomic E-state index is 0.0154. The standard InChI is InChI=1S/C29H32N4O/c1-16-9-10-23(27-15-33(8)32-31-27)14-26(16)29(34)25-12-11-24(13-17(25)2)30-28-21(6)19(4)18(3)20(5)22(28)7/h9-15,30H,1-8H3. The Morgan fingerprint density at radius 1 is 0.765 bits per heavy atom. The van der Waals surface area contributed by atoms with Gasteiger partial charge in [-0.15, -0.1) is 5.10 Å². The first-order valence-corrected chi connectivity index (χ1v) is 11.5. The Bertz CT molecular complexity index is 1400. The second-order valence-electron chi connectivity index (χ2n) is 9.29. The molecular weight excluding hydrogens is 420 g/mol. The number of benzene rings is 3. The molecule has 0 radical (unpaired) electrons. The third-order valence-corrected chi connectivity index (χ3v) is 7.12. The average Bonchev–Trinajstić information content (AvgIpc) is 3.25. The van der Waals surface area contributed by atoms with Crippen molar-refractivity contribution in [2.75, 3.05) is 5.32 Å². The van der Waals surface area contributed by atoms with Crippen LogP contribution in [-0.2, 0) is 7.05 Å². The van der Waals surface area contributed by atoms with Crippen molar-refractivity contribution in [1.82, 2.24) is 15.0 Å². The summed E-state index contributed by atoms with van der Waals surface area (Å²) in [6.45, 7) is 14.8. The van der Waals surface area contributed by atoms with E-state index in [1.807, 2.05) is 57.4 Å². The first kappa shape index (κ1) is 23.4. The summed E-state index contributed by atoms with van der Waals surface area (Å²) < 4.78 is 1.66. The van der Waals surface area contributed by atoms with Gasteiger partial charge in [-0.3, -0.25) is 9.48 Å². The van der Waals surface area contributed by atoms with Crippen LogP contribution in [0.2, 0.25) is 0 Å². The maximum absolute atomic E-state index is 13.5. The highest BCUT2D eigenvalue weighted by Gasteiger charge is 2.17. The number of ketones is 1. The zero-order valence-corrected chi connectivity index (χ0v) is 21.3. The molecule has 0 aliphatic rings. The van der Waals surface area contributed by atoms with E-state index in [0.29, 0.717) is 11.1 Å². The summed E-state index contributed by atoms with van der Waals surface area (Å²) in [6, 6.07) is 11.8. The van der Waals surface area contributed by atoms with E-state index in [0.717, 1.165) is 33.8 Å². The van der Waals surface area contributed by atoms with Gasteiger partial charge in [0.15, 0.2) is 5.78 Å². The van der Waals surface area contributed by atoms with Crippen molar-refractivity contribution in [2.45, 2.75) is 48.5 Å². The van der Waals surface area contributed by atoms with Crippen LogP contribution in [0.5, 0.6) is 0 Å². The maximum atomic E-state index is 13.5. The van der Waals surface area contributed by atoms with Crippen LogP contribution in [0.25, 0.3) is 11.3 Å². The van der Waals surface area contributed by atoms with Gasteiger partial charge >= 0.3 is 0 Å². The number of nitrogens with one attached hydrogen (secondary N) is 1. The molecule has 4 aromatic rings. The molecule has 0 saturated heterocycles. The zero-order valence-electron chi connectivity index (χ0n) is 21.3. The van der Waals surface area contributed by atoms with E-state index in [2.05, 4.69) is 56.3 Å². The molecule has 0 atom stereocenters. The quantitative estimate of drug-likeness (QED) is 0.346. The van der Waals surface area contributed by atoms with Crippen LogP contribution >= 0.6 is 0 Å². The van der Waals surface area contributed by atoms with Gasteiger partial charge in [-0.25, -0.2) is 0 Å². The number of carbonyl (C=O) groups excluding carboxylic acids is 1. The number of aromatic nitrogens is 3. The van der Waals surface area contributed by atoms with Crippen LogP contribution in [0.3, 0.4) is 0 Å². The Morgan fingerprint density at radius 2 is 1.41 bits per heavy atom. The molecule has 174 valence electrons. The number of anilines is 2. The van der Waals surface area contributed by atoms with Crippen molar-refractivity contribution in [1.29, 1.82) is 0 Å². The maximum Gasteiger partial charge on any atom is 0.193 e. The van der Waals surface area contributed by atoms with Gasteiger partial charge in [-0.1, -0.05) is 17.3 Å².